The molecule has 1 atom stereocenters. The molecular weight excluding hydrogens is 214 g/mol. The van der Waals surface area contributed by atoms with Crippen LogP contribution in [0.4, 0.5) is 8.78 Å². The molecule has 1 rings (SSSR count). The topological polar surface area (TPSA) is 29.5 Å². The first-order valence-electron chi connectivity index (χ1n) is 5.04. The molecule has 0 amide bonds. The Labute approximate surface area is 93.9 Å². The summed E-state index contributed by atoms with van der Waals surface area (Å²) in [6, 6.07) is 6.29. The van der Waals surface area contributed by atoms with Crippen molar-refractivity contribution in [3.05, 3.63) is 29.8 Å². The van der Waals surface area contributed by atoms with Crippen molar-refractivity contribution in [3.8, 4) is 5.75 Å². The minimum absolute atomic E-state index is 0.0277. The predicted molar refractivity (Wildman–Crippen MR) is 57.5 cm³/mol. The highest BCUT2D eigenvalue weighted by molar-refractivity contribution is 5.35. The van der Waals surface area contributed by atoms with Crippen LogP contribution in [0.1, 0.15) is 32.4 Å². The Bertz CT molecular complexity index is 345. The van der Waals surface area contributed by atoms with Gasteiger partial charge in [-0.2, -0.15) is 8.78 Å². The van der Waals surface area contributed by atoms with Crippen molar-refractivity contribution < 1.29 is 18.6 Å². The van der Waals surface area contributed by atoms with Crippen LogP contribution in [-0.4, -0.2) is 11.7 Å². The van der Waals surface area contributed by atoms with E-state index in [0.717, 1.165) is 0 Å². The fourth-order valence-electron chi connectivity index (χ4n) is 1.38. The van der Waals surface area contributed by atoms with E-state index in [-0.39, 0.29) is 5.75 Å². The van der Waals surface area contributed by atoms with Gasteiger partial charge in [0.1, 0.15) is 5.75 Å². The summed E-state index contributed by atoms with van der Waals surface area (Å²) in [6.07, 6.45) is -0.845. The Morgan fingerprint density at radius 3 is 2.25 bits per heavy atom. The average molecular weight is 230 g/mol. The van der Waals surface area contributed by atoms with E-state index in [2.05, 4.69) is 4.74 Å². The Hall–Kier alpha value is -1.16. The number of para-hydroxylation sites is 1. The molecule has 0 saturated heterocycles. The summed E-state index contributed by atoms with van der Waals surface area (Å²) in [6.45, 7) is 2.61. The van der Waals surface area contributed by atoms with E-state index >= 15 is 0 Å². The molecule has 0 aliphatic heterocycles. The Balaban J connectivity index is 3.03. The van der Waals surface area contributed by atoms with E-state index in [9.17, 15) is 13.9 Å². The fourth-order valence-corrected chi connectivity index (χ4v) is 1.38. The quantitative estimate of drug-likeness (QED) is 0.862. The number of aliphatic hydroxyl groups excluding tert-OH is 1. The molecule has 1 aromatic carbocycles. The van der Waals surface area contributed by atoms with Crippen LogP contribution in [0.15, 0.2) is 24.3 Å². The van der Waals surface area contributed by atoms with Crippen molar-refractivity contribution >= 4 is 0 Å². The Kier molecular flexibility index (Phi) is 3.86. The second-order valence-electron chi connectivity index (χ2n) is 4.68. The molecule has 1 N–H and O–H groups in total. The van der Waals surface area contributed by atoms with Gasteiger partial charge in [-0.1, -0.05) is 39.0 Å². The van der Waals surface area contributed by atoms with E-state index in [1.165, 1.54) is 6.07 Å². The molecule has 0 saturated carbocycles. The summed E-state index contributed by atoms with van der Waals surface area (Å²) in [7, 11) is 0. The first kappa shape index (κ1) is 12.9. The standard InChI is InChI=1S/C12H16F2O2/c1-12(2,3)10(15)8-6-4-5-7-9(8)16-11(13)14/h4-7,10-11,15H,1-3H3. The monoisotopic (exact) mass is 230 g/mol. The van der Waals surface area contributed by atoms with Gasteiger partial charge in [-0.25, -0.2) is 0 Å². The van der Waals surface area contributed by atoms with Gasteiger partial charge in [0.05, 0.1) is 6.10 Å². The molecule has 0 aromatic heterocycles. The smallest absolute Gasteiger partial charge is 0.387 e. The molecule has 1 aromatic rings. The predicted octanol–water partition coefficient (Wildman–Crippen LogP) is 3.37. The van der Waals surface area contributed by atoms with Gasteiger partial charge in [-0.05, 0) is 11.5 Å². The third-order valence-electron chi connectivity index (χ3n) is 2.25. The van der Waals surface area contributed by atoms with Crippen LogP contribution in [0.5, 0.6) is 5.75 Å². The van der Waals surface area contributed by atoms with E-state index in [1.54, 1.807) is 18.2 Å². The molecular formula is C12H16F2O2. The first-order chi connectivity index (χ1) is 7.32. The second kappa shape index (κ2) is 4.78. The number of benzene rings is 1. The second-order valence-corrected chi connectivity index (χ2v) is 4.68. The highest BCUT2D eigenvalue weighted by Crippen LogP contribution is 2.37. The van der Waals surface area contributed by atoms with Gasteiger partial charge in [-0.3, -0.25) is 0 Å². The van der Waals surface area contributed by atoms with E-state index < -0.39 is 18.1 Å². The minimum Gasteiger partial charge on any atom is -0.434 e. The zero-order valence-electron chi connectivity index (χ0n) is 9.58. The maximum atomic E-state index is 12.2. The van der Waals surface area contributed by atoms with Crippen LogP contribution >= 0.6 is 0 Å². The summed E-state index contributed by atoms with van der Waals surface area (Å²) in [4.78, 5) is 0. The molecule has 0 aliphatic carbocycles. The van der Waals surface area contributed by atoms with Gasteiger partial charge >= 0.3 is 6.61 Å². The minimum atomic E-state index is -2.88. The SMILES string of the molecule is CC(C)(C)C(O)c1ccccc1OC(F)F. The lowest BCUT2D eigenvalue weighted by Gasteiger charge is -2.27. The number of ether oxygens (including phenoxy) is 1. The maximum absolute atomic E-state index is 12.2. The lowest BCUT2D eigenvalue weighted by atomic mass is 9.84. The number of rotatable bonds is 3. The lowest BCUT2D eigenvalue weighted by molar-refractivity contribution is -0.0530. The molecule has 16 heavy (non-hydrogen) atoms. The number of hydrogen-bond donors (Lipinski definition) is 1. The van der Waals surface area contributed by atoms with Gasteiger partial charge in [0.25, 0.3) is 0 Å². The molecule has 4 heteroatoms. The first-order valence-corrected chi connectivity index (χ1v) is 5.04. The molecule has 0 radical (unpaired) electrons. The number of hydrogen-bond acceptors (Lipinski definition) is 2. The lowest BCUT2D eigenvalue weighted by Crippen LogP contribution is -2.19. The van der Waals surface area contributed by atoms with Gasteiger partial charge in [0, 0.05) is 5.56 Å². The molecule has 0 spiro atoms. The maximum Gasteiger partial charge on any atom is 0.387 e. The normalized spacial score (nSPS) is 13.9. The third kappa shape index (κ3) is 3.17. The molecule has 0 fully saturated rings. The summed E-state index contributed by atoms with van der Waals surface area (Å²) in [5.74, 6) is 0.0277. The number of halogens is 2. The zero-order valence-corrected chi connectivity index (χ0v) is 9.58. The van der Waals surface area contributed by atoms with Crippen LogP contribution in [-0.2, 0) is 0 Å². The highest BCUT2D eigenvalue weighted by atomic mass is 19.3. The molecule has 0 bridgehead atoms. The van der Waals surface area contributed by atoms with E-state index in [4.69, 9.17) is 0 Å². The molecule has 90 valence electrons. The van der Waals surface area contributed by atoms with Crippen molar-refractivity contribution in [2.75, 3.05) is 0 Å². The molecule has 0 heterocycles. The third-order valence-corrected chi connectivity index (χ3v) is 2.25. The number of alkyl halides is 2. The Morgan fingerprint density at radius 1 is 1.19 bits per heavy atom. The van der Waals surface area contributed by atoms with Crippen molar-refractivity contribution in [2.24, 2.45) is 5.41 Å². The van der Waals surface area contributed by atoms with Gasteiger partial charge < -0.3 is 9.84 Å². The number of aliphatic hydroxyl groups is 1. The van der Waals surface area contributed by atoms with Crippen LogP contribution in [0.2, 0.25) is 0 Å². The molecule has 1 unspecified atom stereocenters. The molecule has 2 nitrogen and oxygen atoms in total. The fraction of sp³-hybridized carbons (Fsp3) is 0.500. The summed E-state index contributed by atoms with van der Waals surface area (Å²) < 4.78 is 28.7. The van der Waals surface area contributed by atoms with Crippen LogP contribution in [0, 0.1) is 5.41 Å². The van der Waals surface area contributed by atoms with E-state index in [1.807, 2.05) is 20.8 Å². The summed E-state index contributed by atoms with van der Waals surface area (Å²) >= 11 is 0. The van der Waals surface area contributed by atoms with Crippen molar-refractivity contribution in [3.63, 3.8) is 0 Å². The van der Waals surface area contributed by atoms with Gasteiger partial charge in [0.2, 0.25) is 0 Å². The van der Waals surface area contributed by atoms with Gasteiger partial charge in [0.15, 0.2) is 0 Å². The van der Waals surface area contributed by atoms with Crippen molar-refractivity contribution in [2.45, 2.75) is 33.5 Å². The summed E-state index contributed by atoms with van der Waals surface area (Å²) in [5, 5.41) is 10.0. The average Bonchev–Trinajstić information content (AvgIpc) is 2.15. The van der Waals surface area contributed by atoms with Crippen molar-refractivity contribution in [1.82, 2.24) is 0 Å². The summed E-state index contributed by atoms with van der Waals surface area (Å²) in [5.41, 5.74) is -0.0444. The highest BCUT2D eigenvalue weighted by Gasteiger charge is 2.27. The van der Waals surface area contributed by atoms with Crippen LogP contribution in [0.25, 0.3) is 0 Å². The van der Waals surface area contributed by atoms with Crippen LogP contribution < -0.4 is 4.74 Å². The largest absolute Gasteiger partial charge is 0.434 e. The van der Waals surface area contributed by atoms with Crippen LogP contribution in [0.3, 0.4) is 0 Å². The zero-order chi connectivity index (χ0) is 12.3. The molecule has 0 aliphatic rings. The van der Waals surface area contributed by atoms with Crippen molar-refractivity contribution in [1.29, 1.82) is 0 Å². The van der Waals surface area contributed by atoms with Gasteiger partial charge in [-0.15, -0.1) is 0 Å². The Morgan fingerprint density at radius 2 is 1.75 bits per heavy atom. The van der Waals surface area contributed by atoms with E-state index in [0.29, 0.717) is 5.56 Å².